The third-order valence-electron chi connectivity index (χ3n) is 5.38. The van der Waals surface area contributed by atoms with Crippen LogP contribution in [0.2, 0.25) is 0 Å². The van der Waals surface area contributed by atoms with Crippen LogP contribution in [0, 0.1) is 6.92 Å². The highest BCUT2D eigenvalue weighted by Crippen LogP contribution is 2.32. The molecule has 1 fully saturated rings. The van der Waals surface area contributed by atoms with Gasteiger partial charge in [0.2, 0.25) is 10.0 Å². The highest BCUT2D eigenvalue weighted by atomic mass is 32.2. The van der Waals surface area contributed by atoms with E-state index in [0.717, 1.165) is 25.2 Å². The van der Waals surface area contributed by atoms with Gasteiger partial charge in [0, 0.05) is 19.2 Å². The van der Waals surface area contributed by atoms with E-state index in [1.165, 1.54) is 45.1 Å². The van der Waals surface area contributed by atoms with Crippen molar-refractivity contribution in [2.24, 2.45) is 0 Å². The van der Waals surface area contributed by atoms with Crippen molar-refractivity contribution < 1.29 is 17.9 Å². The number of piperidine rings is 1. The van der Waals surface area contributed by atoms with Crippen molar-refractivity contribution in [3.8, 4) is 11.5 Å². The van der Waals surface area contributed by atoms with Crippen molar-refractivity contribution in [3.05, 3.63) is 53.1 Å². The fraction of sp³-hybridized carbons (Fsp3) is 0.455. The summed E-state index contributed by atoms with van der Waals surface area (Å²) in [6, 6.07) is 11.2. The topological polar surface area (TPSA) is 67.9 Å². The summed E-state index contributed by atoms with van der Waals surface area (Å²) in [7, 11) is -0.671. The molecule has 0 amide bonds. The van der Waals surface area contributed by atoms with Crippen molar-refractivity contribution in [3.63, 3.8) is 0 Å². The Bertz CT molecular complexity index is 938. The maximum atomic E-state index is 13.0. The van der Waals surface area contributed by atoms with E-state index in [-0.39, 0.29) is 11.4 Å². The zero-order valence-corrected chi connectivity index (χ0v) is 18.2. The van der Waals surface area contributed by atoms with Crippen molar-refractivity contribution in [2.75, 3.05) is 27.3 Å². The van der Waals surface area contributed by atoms with E-state index in [4.69, 9.17) is 9.47 Å². The molecule has 1 aliphatic heterocycles. The number of sulfonamides is 1. The molecule has 0 atom stereocenters. The highest BCUT2D eigenvalue weighted by molar-refractivity contribution is 7.89. The quantitative estimate of drug-likeness (QED) is 0.711. The fourth-order valence-electron chi connectivity index (χ4n) is 3.74. The Morgan fingerprint density at radius 1 is 0.966 bits per heavy atom. The first-order chi connectivity index (χ1) is 13.9. The van der Waals surface area contributed by atoms with E-state index in [0.29, 0.717) is 17.1 Å². The summed E-state index contributed by atoms with van der Waals surface area (Å²) in [4.78, 5) is 2.64. The van der Waals surface area contributed by atoms with Gasteiger partial charge in [-0.25, -0.2) is 13.1 Å². The first-order valence-electron chi connectivity index (χ1n) is 9.96. The minimum atomic E-state index is -3.70. The molecular formula is C22H30N2O4S. The molecule has 1 aliphatic rings. The minimum Gasteiger partial charge on any atom is -0.493 e. The number of rotatable bonds is 8. The molecule has 0 aliphatic carbocycles. The van der Waals surface area contributed by atoms with Crippen LogP contribution in [0.15, 0.2) is 41.3 Å². The number of aryl methyl sites for hydroxylation is 1. The Morgan fingerprint density at radius 2 is 1.59 bits per heavy atom. The van der Waals surface area contributed by atoms with Crippen LogP contribution in [0.25, 0.3) is 0 Å². The van der Waals surface area contributed by atoms with Crippen LogP contribution >= 0.6 is 0 Å². The van der Waals surface area contributed by atoms with Crippen LogP contribution in [-0.2, 0) is 23.1 Å². The van der Waals surface area contributed by atoms with Gasteiger partial charge < -0.3 is 9.47 Å². The average Bonchev–Trinajstić information content (AvgIpc) is 2.73. The molecule has 0 spiro atoms. The summed E-state index contributed by atoms with van der Waals surface area (Å²) in [5.74, 6) is 0.903. The lowest BCUT2D eigenvalue weighted by Crippen LogP contribution is -2.30. The van der Waals surface area contributed by atoms with Gasteiger partial charge in [0.15, 0.2) is 11.5 Å². The van der Waals surface area contributed by atoms with Crippen LogP contribution in [0.5, 0.6) is 11.5 Å². The SMILES string of the molecule is COc1cc(C)c(S(=O)(=O)NCc2ccccc2CN2CCCCC2)cc1OC. The van der Waals surface area contributed by atoms with E-state index in [9.17, 15) is 8.42 Å². The molecule has 0 unspecified atom stereocenters. The summed E-state index contributed by atoms with van der Waals surface area (Å²) in [5.41, 5.74) is 2.78. The first kappa shape index (κ1) is 21.6. The van der Waals surface area contributed by atoms with Crippen LogP contribution in [-0.4, -0.2) is 40.6 Å². The van der Waals surface area contributed by atoms with Crippen molar-refractivity contribution >= 4 is 10.0 Å². The third-order valence-corrected chi connectivity index (χ3v) is 6.93. The van der Waals surface area contributed by atoms with Crippen molar-refractivity contribution in [1.82, 2.24) is 9.62 Å². The molecule has 0 bridgehead atoms. The molecule has 1 N–H and O–H groups in total. The lowest BCUT2D eigenvalue weighted by atomic mass is 10.1. The standard InChI is InChI=1S/C22H30N2O4S/c1-17-13-20(27-2)21(28-3)14-22(17)29(25,26)23-15-18-9-5-6-10-19(18)16-24-11-7-4-8-12-24/h5-6,9-10,13-14,23H,4,7-8,11-12,15-16H2,1-3H3. The predicted molar refractivity (Wildman–Crippen MR) is 114 cm³/mol. The fourth-order valence-corrected chi connectivity index (χ4v) is 4.99. The number of methoxy groups -OCH3 is 2. The smallest absolute Gasteiger partial charge is 0.241 e. The van der Waals surface area contributed by atoms with Gasteiger partial charge in [-0.1, -0.05) is 30.7 Å². The van der Waals surface area contributed by atoms with Crippen molar-refractivity contribution in [2.45, 2.75) is 44.2 Å². The number of likely N-dealkylation sites (tertiary alicyclic amines) is 1. The molecule has 2 aromatic carbocycles. The van der Waals surface area contributed by atoms with E-state index >= 15 is 0 Å². The monoisotopic (exact) mass is 418 g/mol. The van der Waals surface area contributed by atoms with Crippen molar-refractivity contribution in [1.29, 1.82) is 0 Å². The van der Waals surface area contributed by atoms with E-state index < -0.39 is 10.0 Å². The predicted octanol–water partition coefficient (Wildman–Crippen LogP) is 3.48. The van der Waals surface area contributed by atoms with Crippen LogP contribution in [0.4, 0.5) is 0 Å². The van der Waals surface area contributed by atoms with Gasteiger partial charge in [0.25, 0.3) is 0 Å². The summed E-state index contributed by atoms with van der Waals surface area (Å²) in [5, 5.41) is 0. The second-order valence-corrected chi connectivity index (χ2v) is 9.14. The lowest BCUT2D eigenvalue weighted by Gasteiger charge is -2.27. The second kappa shape index (κ2) is 9.61. The largest absolute Gasteiger partial charge is 0.493 e. The number of nitrogens with one attached hydrogen (secondary N) is 1. The summed E-state index contributed by atoms with van der Waals surface area (Å²) >= 11 is 0. The number of hydrogen-bond donors (Lipinski definition) is 1. The summed E-state index contributed by atoms with van der Waals surface area (Å²) in [6.07, 6.45) is 3.75. The Kier molecular flexibility index (Phi) is 7.16. The van der Waals surface area contributed by atoms with Gasteiger partial charge in [-0.15, -0.1) is 0 Å². The maximum absolute atomic E-state index is 13.0. The van der Waals surface area contributed by atoms with Crippen LogP contribution in [0.3, 0.4) is 0 Å². The Hall–Kier alpha value is -2.09. The Morgan fingerprint density at radius 3 is 2.24 bits per heavy atom. The molecule has 3 rings (SSSR count). The van der Waals surface area contributed by atoms with Crippen LogP contribution in [0.1, 0.15) is 36.0 Å². The maximum Gasteiger partial charge on any atom is 0.241 e. The molecule has 1 heterocycles. The number of benzene rings is 2. The molecule has 0 saturated carbocycles. The molecule has 7 heteroatoms. The van der Waals surface area contributed by atoms with Gasteiger partial charge >= 0.3 is 0 Å². The third kappa shape index (κ3) is 5.29. The molecule has 1 saturated heterocycles. The minimum absolute atomic E-state index is 0.198. The van der Waals surface area contributed by atoms with Gasteiger partial charge in [0.1, 0.15) is 0 Å². The number of hydrogen-bond acceptors (Lipinski definition) is 5. The van der Waals surface area contributed by atoms with E-state index in [2.05, 4.69) is 15.7 Å². The molecule has 6 nitrogen and oxygen atoms in total. The average molecular weight is 419 g/mol. The molecular weight excluding hydrogens is 388 g/mol. The molecule has 29 heavy (non-hydrogen) atoms. The van der Waals surface area contributed by atoms with Gasteiger partial charge in [0.05, 0.1) is 19.1 Å². The zero-order valence-electron chi connectivity index (χ0n) is 17.4. The summed E-state index contributed by atoms with van der Waals surface area (Å²) < 4.78 is 39.2. The number of nitrogens with zero attached hydrogens (tertiary/aromatic N) is 1. The molecule has 158 valence electrons. The van der Waals surface area contributed by atoms with E-state index in [1.807, 2.05) is 18.2 Å². The molecule has 2 aromatic rings. The van der Waals surface area contributed by atoms with Gasteiger partial charge in [-0.2, -0.15) is 0 Å². The summed E-state index contributed by atoms with van der Waals surface area (Å²) in [6.45, 7) is 5.06. The van der Waals surface area contributed by atoms with Gasteiger partial charge in [-0.3, -0.25) is 4.90 Å². The second-order valence-electron chi connectivity index (χ2n) is 7.40. The highest BCUT2D eigenvalue weighted by Gasteiger charge is 2.21. The lowest BCUT2D eigenvalue weighted by molar-refractivity contribution is 0.220. The zero-order chi connectivity index (χ0) is 20.9. The van der Waals surface area contributed by atoms with Gasteiger partial charge in [-0.05, 0) is 55.6 Å². The Balaban J connectivity index is 1.77. The van der Waals surface area contributed by atoms with E-state index in [1.54, 1.807) is 13.0 Å². The Labute approximate surface area is 173 Å². The van der Waals surface area contributed by atoms with Crippen LogP contribution < -0.4 is 14.2 Å². The number of ether oxygens (including phenoxy) is 2. The molecule has 0 aromatic heterocycles. The first-order valence-corrected chi connectivity index (χ1v) is 11.4. The normalized spacial score (nSPS) is 15.3. The molecule has 0 radical (unpaired) electrons.